The number of nitrogens with zero attached hydrogens (tertiary/aromatic N) is 3. The molecule has 0 radical (unpaired) electrons. The molecule has 0 aliphatic carbocycles. The number of rotatable bonds is 4. The van der Waals surface area contributed by atoms with E-state index >= 15 is 0 Å². The van der Waals surface area contributed by atoms with Crippen LogP contribution in [0, 0.1) is 6.92 Å². The van der Waals surface area contributed by atoms with E-state index in [9.17, 15) is 4.79 Å². The van der Waals surface area contributed by atoms with Crippen molar-refractivity contribution < 1.29 is 4.79 Å². The molecule has 0 aliphatic heterocycles. The van der Waals surface area contributed by atoms with Crippen LogP contribution in [0.2, 0.25) is 0 Å². The Labute approximate surface area is 125 Å². The second kappa shape index (κ2) is 5.84. The number of aromatic nitrogens is 4. The predicted octanol–water partition coefficient (Wildman–Crippen LogP) is 2.17. The van der Waals surface area contributed by atoms with Gasteiger partial charge in [-0.05, 0) is 30.5 Å². The molecule has 1 amide bonds. The summed E-state index contributed by atoms with van der Waals surface area (Å²) < 4.78 is 0. The van der Waals surface area contributed by atoms with Gasteiger partial charge in [0.2, 0.25) is 0 Å². The molecule has 0 bridgehead atoms. The molecule has 6 nitrogen and oxygen atoms in total. The average Bonchev–Trinajstić information content (AvgIpc) is 3.15. The highest BCUT2D eigenvalue weighted by Gasteiger charge is 2.11. The lowest BCUT2D eigenvalue weighted by atomic mass is 10.3. The molecular formula is C14H13N5OS. The molecule has 106 valence electrons. The van der Waals surface area contributed by atoms with E-state index in [0.29, 0.717) is 12.2 Å². The Bertz CT molecular complexity index is 750. The van der Waals surface area contributed by atoms with Crippen LogP contribution in [0.25, 0.3) is 10.6 Å². The number of H-pyrrole nitrogens is 1. The lowest BCUT2D eigenvalue weighted by Gasteiger charge is -2.02. The Morgan fingerprint density at radius 1 is 1.38 bits per heavy atom. The second-order valence-electron chi connectivity index (χ2n) is 4.48. The van der Waals surface area contributed by atoms with Crippen LogP contribution in [0.4, 0.5) is 0 Å². The van der Waals surface area contributed by atoms with E-state index in [2.05, 4.69) is 25.5 Å². The number of amides is 1. The highest BCUT2D eigenvalue weighted by molar-refractivity contribution is 7.13. The van der Waals surface area contributed by atoms with E-state index in [0.717, 1.165) is 22.0 Å². The molecule has 0 aromatic carbocycles. The molecule has 3 aromatic rings. The van der Waals surface area contributed by atoms with Crippen LogP contribution in [-0.2, 0) is 6.54 Å². The van der Waals surface area contributed by atoms with Gasteiger partial charge in [0.1, 0.15) is 6.33 Å². The molecule has 0 fully saturated rings. The van der Waals surface area contributed by atoms with Crippen molar-refractivity contribution in [2.45, 2.75) is 13.5 Å². The Kier molecular flexibility index (Phi) is 3.74. The number of aromatic amines is 1. The van der Waals surface area contributed by atoms with E-state index in [1.807, 2.05) is 30.5 Å². The number of carbonyl (C=O) groups excluding carboxylic acids is 1. The third-order valence-electron chi connectivity index (χ3n) is 2.89. The minimum atomic E-state index is -0.231. The third-order valence-corrected chi connectivity index (χ3v) is 3.79. The molecule has 3 heterocycles. The fraction of sp³-hybridized carbons (Fsp3) is 0.143. The smallest absolute Gasteiger partial charge is 0.272 e. The summed E-state index contributed by atoms with van der Waals surface area (Å²) in [5, 5.41) is 11.7. The van der Waals surface area contributed by atoms with E-state index in [4.69, 9.17) is 0 Å². The minimum absolute atomic E-state index is 0.231. The fourth-order valence-electron chi connectivity index (χ4n) is 1.86. The average molecular weight is 299 g/mol. The monoisotopic (exact) mass is 299 g/mol. The number of hydrogen-bond donors (Lipinski definition) is 2. The third kappa shape index (κ3) is 3.14. The quantitative estimate of drug-likeness (QED) is 0.773. The maximum Gasteiger partial charge on any atom is 0.272 e. The fourth-order valence-corrected chi connectivity index (χ4v) is 2.56. The van der Waals surface area contributed by atoms with Crippen molar-refractivity contribution in [1.29, 1.82) is 0 Å². The van der Waals surface area contributed by atoms with Crippen molar-refractivity contribution in [3.05, 3.63) is 53.1 Å². The van der Waals surface area contributed by atoms with Gasteiger partial charge >= 0.3 is 0 Å². The largest absolute Gasteiger partial charge is 0.345 e. The van der Waals surface area contributed by atoms with Crippen LogP contribution < -0.4 is 5.32 Å². The van der Waals surface area contributed by atoms with Gasteiger partial charge in [0.15, 0.2) is 5.69 Å². The van der Waals surface area contributed by atoms with Crippen molar-refractivity contribution in [1.82, 2.24) is 25.5 Å². The van der Waals surface area contributed by atoms with Crippen molar-refractivity contribution in [2.24, 2.45) is 0 Å². The lowest BCUT2D eigenvalue weighted by Crippen LogP contribution is -2.23. The van der Waals surface area contributed by atoms with Gasteiger partial charge in [0.05, 0.1) is 22.8 Å². The standard InChI is InChI=1S/C14H13N5OS/c1-9-5-10(17-8-16-9)7-15-14(20)12-6-11(18-19-12)13-3-2-4-21-13/h2-6,8H,7H2,1H3,(H,15,20)(H,18,19). The predicted molar refractivity (Wildman–Crippen MR) is 79.8 cm³/mol. The molecule has 0 spiro atoms. The summed E-state index contributed by atoms with van der Waals surface area (Å²) in [7, 11) is 0. The van der Waals surface area contributed by atoms with E-state index < -0.39 is 0 Å². The van der Waals surface area contributed by atoms with Gasteiger partial charge in [-0.2, -0.15) is 5.10 Å². The van der Waals surface area contributed by atoms with Crippen LogP contribution in [-0.4, -0.2) is 26.1 Å². The summed E-state index contributed by atoms with van der Waals surface area (Å²) in [6.45, 7) is 2.23. The van der Waals surface area contributed by atoms with Crippen molar-refractivity contribution >= 4 is 17.2 Å². The van der Waals surface area contributed by atoms with Crippen molar-refractivity contribution in [2.75, 3.05) is 0 Å². The number of thiophene rings is 1. The number of carbonyl (C=O) groups is 1. The summed E-state index contributed by atoms with van der Waals surface area (Å²) in [4.78, 5) is 21.2. The highest BCUT2D eigenvalue weighted by Crippen LogP contribution is 2.22. The first-order valence-corrected chi connectivity index (χ1v) is 7.25. The topological polar surface area (TPSA) is 83.6 Å². The van der Waals surface area contributed by atoms with E-state index in [-0.39, 0.29) is 5.91 Å². The maximum absolute atomic E-state index is 12.1. The summed E-state index contributed by atoms with van der Waals surface area (Å²) in [6.07, 6.45) is 1.49. The van der Waals surface area contributed by atoms with Crippen LogP contribution in [0.3, 0.4) is 0 Å². The van der Waals surface area contributed by atoms with Crippen LogP contribution in [0.15, 0.2) is 36.0 Å². The normalized spacial score (nSPS) is 10.5. The Hall–Kier alpha value is -2.54. The minimum Gasteiger partial charge on any atom is -0.345 e. The van der Waals surface area contributed by atoms with Gasteiger partial charge in [-0.25, -0.2) is 9.97 Å². The summed E-state index contributed by atoms with van der Waals surface area (Å²) in [6, 6.07) is 7.51. The number of nitrogens with one attached hydrogen (secondary N) is 2. The molecular weight excluding hydrogens is 286 g/mol. The molecule has 0 atom stereocenters. The first-order valence-electron chi connectivity index (χ1n) is 6.37. The Morgan fingerprint density at radius 2 is 2.29 bits per heavy atom. The molecule has 3 aromatic heterocycles. The van der Waals surface area contributed by atoms with E-state index in [1.165, 1.54) is 6.33 Å². The van der Waals surface area contributed by atoms with Gasteiger partial charge in [-0.3, -0.25) is 9.89 Å². The SMILES string of the molecule is Cc1cc(CNC(=O)c2cc(-c3cccs3)[nH]n2)ncn1. The zero-order chi connectivity index (χ0) is 14.7. The summed E-state index contributed by atoms with van der Waals surface area (Å²) >= 11 is 1.59. The van der Waals surface area contributed by atoms with Gasteiger partial charge in [-0.1, -0.05) is 6.07 Å². The molecule has 7 heteroatoms. The number of hydrogen-bond acceptors (Lipinski definition) is 5. The molecule has 2 N–H and O–H groups in total. The summed E-state index contributed by atoms with van der Waals surface area (Å²) in [5.74, 6) is -0.231. The molecule has 0 aliphatic rings. The second-order valence-corrected chi connectivity index (χ2v) is 5.43. The van der Waals surface area contributed by atoms with Crippen molar-refractivity contribution in [3.63, 3.8) is 0 Å². The first kappa shape index (κ1) is 13.4. The molecule has 21 heavy (non-hydrogen) atoms. The van der Waals surface area contributed by atoms with Crippen LogP contribution in [0.5, 0.6) is 0 Å². The molecule has 3 rings (SSSR count). The van der Waals surface area contributed by atoms with Gasteiger partial charge in [-0.15, -0.1) is 11.3 Å². The first-order chi connectivity index (χ1) is 10.2. The Balaban J connectivity index is 1.66. The van der Waals surface area contributed by atoms with Gasteiger partial charge < -0.3 is 5.32 Å². The zero-order valence-electron chi connectivity index (χ0n) is 11.3. The lowest BCUT2D eigenvalue weighted by molar-refractivity contribution is 0.0945. The maximum atomic E-state index is 12.1. The molecule has 0 saturated heterocycles. The van der Waals surface area contributed by atoms with Gasteiger partial charge in [0, 0.05) is 5.69 Å². The molecule has 0 unspecified atom stereocenters. The van der Waals surface area contributed by atoms with Gasteiger partial charge in [0.25, 0.3) is 5.91 Å². The number of aryl methyl sites for hydroxylation is 1. The van der Waals surface area contributed by atoms with Crippen LogP contribution >= 0.6 is 11.3 Å². The highest BCUT2D eigenvalue weighted by atomic mass is 32.1. The summed E-state index contributed by atoms with van der Waals surface area (Å²) in [5.41, 5.74) is 2.84. The van der Waals surface area contributed by atoms with Crippen molar-refractivity contribution in [3.8, 4) is 10.6 Å². The van der Waals surface area contributed by atoms with E-state index in [1.54, 1.807) is 17.4 Å². The Morgan fingerprint density at radius 3 is 3.05 bits per heavy atom. The zero-order valence-corrected chi connectivity index (χ0v) is 12.1. The van der Waals surface area contributed by atoms with Crippen LogP contribution in [0.1, 0.15) is 21.9 Å². The molecule has 0 saturated carbocycles.